The SMILES string of the molecule is Nc1cc(Cl)c(Cl)c(C(=O)C2=CCCC2)c1. The van der Waals surface area contributed by atoms with Gasteiger partial charge in [-0.1, -0.05) is 29.3 Å². The topological polar surface area (TPSA) is 43.1 Å². The van der Waals surface area contributed by atoms with Gasteiger partial charge in [0.25, 0.3) is 0 Å². The van der Waals surface area contributed by atoms with Crippen molar-refractivity contribution in [2.75, 3.05) is 5.73 Å². The fraction of sp³-hybridized carbons (Fsp3) is 0.250. The molecule has 0 amide bonds. The monoisotopic (exact) mass is 255 g/mol. The van der Waals surface area contributed by atoms with Crippen LogP contribution in [0.2, 0.25) is 10.0 Å². The minimum Gasteiger partial charge on any atom is -0.399 e. The van der Waals surface area contributed by atoms with Gasteiger partial charge in [0.15, 0.2) is 5.78 Å². The number of hydrogen-bond acceptors (Lipinski definition) is 2. The highest BCUT2D eigenvalue weighted by atomic mass is 35.5. The van der Waals surface area contributed by atoms with Gasteiger partial charge >= 0.3 is 0 Å². The van der Waals surface area contributed by atoms with Crippen LogP contribution in [-0.4, -0.2) is 5.78 Å². The molecular formula is C12H11Cl2NO. The number of Topliss-reactive ketones (excluding diaryl/α,β-unsaturated/α-hetero) is 1. The molecule has 1 aromatic carbocycles. The first-order valence-corrected chi connectivity index (χ1v) is 5.83. The molecule has 1 aliphatic carbocycles. The number of carbonyl (C=O) groups is 1. The van der Waals surface area contributed by atoms with Gasteiger partial charge in [-0.05, 0) is 37.0 Å². The zero-order valence-electron chi connectivity index (χ0n) is 8.59. The second kappa shape index (κ2) is 4.48. The first-order valence-electron chi connectivity index (χ1n) is 5.08. The summed E-state index contributed by atoms with van der Waals surface area (Å²) >= 11 is 11.9. The van der Waals surface area contributed by atoms with Crippen molar-refractivity contribution in [3.63, 3.8) is 0 Å². The number of anilines is 1. The van der Waals surface area contributed by atoms with E-state index in [2.05, 4.69) is 0 Å². The third-order valence-electron chi connectivity index (χ3n) is 2.63. The average Bonchev–Trinajstić information content (AvgIpc) is 2.75. The Morgan fingerprint density at radius 3 is 2.69 bits per heavy atom. The van der Waals surface area contributed by atoms with E-state index in [1.807, 2.05) is 6.08 Å². The number of hydrogen-bond donors (Lipinski definition) is 1. The summed E-state index contributed by atoms with van der Waals surface area (Å²) < 4.78 is 0. The molecule has 0 radical (unpaired) electrons. The molecule has 16 heavy (non-hydrogen) atoms. The molecular weight excluding hydrogens is 245 g/mol. The van der Waals surface area contributed by atoms with E-state index in [9.17, 15) is 4.79 Å². The number of allylic oxidation sites excluding steroid dienone is 2. The standard InChI is InChI=1S/C12H11Cl2NO/c13-10-6-8(15)5-9(11(10)14)12(16)7-3-1-2-4-7/h3,5-6H,1-2,4,15H2. The van der Waals surface area contributed by atoms with Crippen LogP contribution in [0.1, 0.15) is 29.6 Å². The molecule has 0 aromatic heterocycles. The van der Waals surface area contributed by atoms with Gasteiger partial charge in [-0.2, -0.15) is 0 Å². The molecule has 1 aromatic rings. The van der Waals surface area contributed by atoms with Crippen molar-refractivity contribution in [3.8, 4) is 0 Å². The second-order valence-electron chi connectivity index (χ2n) is 3.81. The Labute approximate surface area is 104 Å². The smallest absolute Gasteiger partial charge is 0.190 e. The number of halogens is 2. The van der Waals surface area contributed by atoms with Crippen LogP contribution in [-0.2, 0) is 0 Å². The van der Waals surface area contributed by atoms with E-state index < -0.39 is 0 Å². The molecule has 0 unspecified atom stereocenters. The third kappa shape index (κ3) is 2.08. The van der Waals surface area contributed by atoms with Crippen molar-refractivity contribution in [2.24, 2.45) is 0 Å². The molecule has 0 heterocycles. The number of ketones is 1. The zero-order valence-corrected chi connectivity index (χ0v) is 10.1. The summed E-state index contributed by atoms with van der Waals surface area (Å²) in [6.45, 7) is 0. The van der Waals surface area contributed by atoms with Gasteiger partial charge in [0.2, 0.25) is 0 Å². The van der Waals surface area contributed by atoms with Gasteiger partial charge in [-0.3, -0.25) is 4.79 Å². The molecule has 0 saturated carbocycles. The Hall–Kier alpha value is -0.990. The van der Waals surface area contributed by atoms with E-state index in [1.165, 1.54) is 0 Å². The highest BCUT2D eigenvalue weighted by Crippen LogP contribution is 2.32. The predicted molar refractivity (Wildman–Crippen MR) is 67.1 cm³/mol. The van der Waals surface area contributed by atoms with Crippen LogP contribution in [0.3, 0.4) is 0 Å². The zero-order chi connectivity index (χ0) is 11.7. The van der Waals surface area contributed by atoms with Crippen LogP contribution >= 0.6 is 23.2 Å². The summed E-state index contributed by atoms with van der Waals surface area (Å²) in [7, 11) is 0. The highest BCUT2D eigenvalue weighted by Gasteiger charge is 2.19. The molecule has 84 valence electrons. The lowest BCUT2D eigenvalue weighted by atomic mass is 10.0. The molecule has 0 fully saturated rings. The fourth-order valence-electron chi connectivity index (χ4n) is 1.83. The van der Waals surface area contributed by atoms with Crippen LogP contribution in [0.5, 0.6) is 0 Å². The van der Waals surface area contributed by atoms with E-state index in [4.69, 9.17) is 28.9 Å². The Bertz CT molecular complexity index is 480. The lowest BCUT2D eigenvalue weighted by molar-refractivity contribution is 0.103. The fourth-order valence-corrected chi connectivity index (χ4v) is 2.25. The van der Waals surface area contributed by atoms with Gasteiger partial charge in [-0.15, -0.1) is 0 Å². The summed E-state index contributed by atoms with van der Waals surface area (Å²) in [5.41, 5.74) is 7.32. The predicted octanol–water partition coefficient (Wildman–Crippen LogP) is 3.87. The molecule has 2 rings (SSSR count). The molecule has 0 bridgehead atoms. The molecule has 0 saturated heterocycles. The molecule has 4 heteroatoms. The molecule has 2 N–H and O–H groups in total. The van der Waals surface area contributed by atoms with Crippen LogP contribution < -0.4 is 5.73 Å². The molecule has 0 atom stereocenters. The Morgan fingerprint density at radius 2 is 2.06 bits per heavy atom. The first kappa shape index (κ1) is 11.5. The van der Waals surface area contributed by atoms with Crippen LogP contribution in [0.15, 0.2) is 23.8 Å². The minimum absolute atomic E-state index is 0.0586. The summed E-state index contributed by atoms with van der Waals surface area (Å²) in [5.74, 6) is -0.0586. The van der Waals surface area contributed by atoms with Gasteiger partial charge in [-0.25, -0.2) is 0 Å². The van der Waals surface area contributed by atoms with Crippen LogP contribution in [0.4, 0.5) is 5.69 Å². The van der Waals surface area contributed by atoms with Gasteiger partial charge in [0.05, 0.1) is 10.0 Å². The number of nitrogen functional groups attached to an aromatic ring is 1. The summed E-state index contributed by atoms with van der Waals surface area (Å²) in [6, 6.07) is 3.12. The number of nitrogens with two attached hydrogens (primary N) is 1. The number of carbonyl (C=O) groups excluding carboxylic acids is 1. The largest absolute Gasteiger partial charge is 0.399 e. The van der Waals surface area contributed by atoms with Crippen molar-refractivity contribution in [1.82, 2.24) is 0 Å². The number of rotatable bonds is 2. The molecule has 0 spiro atoms. The van der Waals surface area contributed by atoms with Gasteiger partial charge < -0.3 is 5.73 Å². The van der Waals surface area contributed by atoms with E-state index in [1.54, 1.807) is 12.1 Å². The lowest BCUT2D eigenvalue weighted by Crippen LogP contribution is -2.04. The van der Waals surface area contributed by atoms with E-state index in [0.29, 0.717) is 16.3 Å². The van der Waals surface area contributed by atoms with Crippen molar-refractivity contribution < 1.29 is 4.79 Å². The quantitative estimate of drug-likeness (QED) is 0.644. The maximum Gasteiger partial charge on any atom is 0.190 e. The summed E-state index contributed by atoms with van der Waals surface area (Å²) in [5, 5.41) is 0.609. The Kier molecular flexibility index (Phi) is 3.22. The molecule has 2 nitrogen and oxygen atoms in total. The van der Waals surface area contributed by atoms with Gasteiger partial charge in [0.1, 0.15) is 0 Å². The second-order valence-corrected chi connectivity index (χ2v) is 4.60. The van der Waals surface area contributed by atoms with E-state index in [0.717, 1.165) is 24.8 Å². The normalized spacial score (nSPS) is 15.0. The van der Waals surface area contributed by atoms with Crippen molar-refractivity contribution in [2.45, 2.75) is 19.3 Å². The Balaban J connectivity index is 2.43. The minimum atomic E-state index is -0.0586. The van der Waals surface area contributed by atoms with Crippen molar-refractivity contribution in [3.05, 3.63) is 39.4 Å². The lowest BCUT2D eigenvalue weighted by Gasteiger charge is -2.07. The summed E-state index contributed by atoms with van der Waals surface area (Å²) in [6.07, 6.45) is 4.74. The van der Waals surface area contributed by atoms with E-state index >= 15 is 0 Å². The maximum atomic E-state index is 12.1. The average molecular weight is 256 g/mol. The summed E-state index contributed by atoms with van der Waals surface area (Å²) in [4.78, 5) is 12.1. The maximum absolute atomic E-state index is 12.1. The van der Waals surface area contributed by atoms with Crippen LogP contribution in [0, 0.1) is 0 Å². The van der Waals surface area contributed by atoms with Crippen molar-refractivity contribution >= 4 is 34.7 Å². The third-order valence-corrected chi connectivity index (χ3v) is 3.43. The van der Waals surface area contributed by atoms with Gasteiger partial charge in [0, 0.05) is 11.3 Å². The molecule has 1 aliphatic rings. The molecule has 0 aliphatic heterocycles. The highest BCUT2D eigenvalue weighted by molar-refractivity contribution is 6.44. The van der Waals surface area contributed by atoms with E-state index in [-0.39, 0.29) is 10.8 Å². The van der Waals surface area contributed by atoms with Crippen molar-refractivity contribution in [1.29, 1.82) is 0 Å². The number of benzene rings is 1. The van der Waals surface area contributed by atoms with Crippen LogP contribution in [0.25, 0.3) is 0 Å². The first-order chi connectivity index (χ1) is 7.59. The Morgan fingerprint density at radius 1 is 1.31 bits per heavy atom.